The lowest BCUT2D eigenvalue weighted by Crippen LogP contribution is -2.21. The van der Waals surface area contributed by atoms with Crippen molar-refractivity contribution in [2.24, 2.45) is 11.7 Å². The molecule has 0 amide bonds. The van der Waals surface area contributed by atoms with Crippen LogP contribution in [0.15, 0.2) is 0 Å². The highest BCUT2D eigenvalue weighted by atomic mass is 15.2. The quantitative estimate of drug-likeness (QED) is 0.692. The molecular formula is C11H17N5. The molecular weight excluding hydrogens is 202 g/mol. The highest BCUT2D eigenvalue weighted by molar-refractivity contribution is 5.51. The van der Waals surface area contributed by atoms with E-state index in [1.807, 2.05) is 0 Å². The Hall–Kier alpha value is -1.54. The Morgan fingerprint density at radius 3 is 2.62 bits per heavy atom. The summed E-state index contributed by atoms with van der Waals surface area (Å²) in [6, 6.07) is 2.12. The molecule has 5 nitrogen and oxygen atoms in total. The van der Waals surface area contributed by atoms with Gasteiger partial charge in [0.15, 0.2) is 5.82 Å². The standard InChI is InChI=1S/C11H17N5/c12-5-7-1-3-8(4-2-7)10-9(6-13)11(14)16-15-10/h7-8H,1-5,12H2,(H3,14,15,16). The van der Waals surface area contributed by atoms with Gasteiger partial charge in [0.2, 0.25) is 0 Å². The average Bonchev–Trinajstić information content (AvgIpc) is 2.70. The third kappa shape index (κ3) is 1.89. The van der Waals surface area contributed by atoms with E-state index in [0.29, 0.717) is 23.2 Å². The van der Waals surface area contributed by atoms with Crippen molar-refractivity contribution < 1.29 is 0 Å². The van der Waals surface area contributed by atoms with E-state index in [1.165, 1.54) is 0 Å². The number of hydrogen-bond acceptors (Lipinski definition) is 4. The number of nitrogens with one attached hydrogen (secondary N) is 1. The van der Waals surface area contributed by atoms with E-state index in [9.17, 15) is 0 Å². The van der Waals surface area contributed by atoms with Gasteiger partial charge < -0.3 is 11.5 Å². The number of nitrogens with zero attached hydrogens (tertiary/aromatic N) is 2. The molecule has 86 valence electrons. The summed E-state index contributed by atoms with van der Waals surface area (Å²) >= 11 is 0. The van der Waals surface area contributed by atoms with Gasteiger partial charge in [-0.3, -0.25) is 5.10 Å². The highest BCUT2D eigenvalue weighted by Crippen LogP contribution is 2.36. The molecule has 1 aromatic heterocycles. The topological polar surface area (TPSA) is 105 Å². The van der Waals surface area contributed by atoms with Crippen LogP contribution in [0.2, 0.25) is 0 Å². The van der Waals surface area contributed by atoms with E-state index < -0.39 is 0 Å². The molecule has 1 heterocycles. The molecule has 0 radical (unpaired) electrons. The van der Waals surface area contributed by atoms with Crippen LogP contribution in [0.4, 0.5) is 5.82 Å². The molecule has 1 aliphatic carbocycles. The van der Waals surface area contributed by atoms with Gasteiger partial charge in [0.1, 0.15) is 11.6 Å². The van der Waals surface area contributed by atoms with Crippen molar-refractivity contribution in [3.05, 3.63) is 11.3 Å². The average molecular weight is 219 g/mol. The molecule has 0 aromatic carbocycles. The van der Waals surface area contributed by atoms with Crippen molar-refractivity contribution in [3.63, 3.8) is 0 Å². The molecule has 0 bridgehead atoms. The predicted octanol–water partition coefficient (Wildman–Crippen LogP) is 1.10. The Morgan fingerprint density at radius 1 is 1.38 bits per heavy atom. The van der Waals surface area contributed by atoms with Gasteiger partial charge in [0, 0.05) is 5.92 Å². The van der Waals surface area contributed by atoms with E-state index in [4.69, 9.17) is 16.7 Å². The van der Waals surface area contributed by atoms with E-state index >= 15 is 0 Å². The van der Waals surface area contributed by atoms with Crippen LogP contribution in [0.3, 0.4) is 0 Å². The summed E-state index contributed by atoms with van der Waals surface area (Å²) in [5.74, 6) is 1.35. The first-order chi connectivity index (χ1) is 7.76. The number of aromatic amines is 1. The van der Waals surface area contributed by atoms with Gasteiger partial charge in [-0.15, -0.1) is 0 Å². The van der Waals surface area contributed by atoms with Crippen LogP contribution in [0.5, 0.6) is 0 Å². The molecule has 0 unspecified atom stereocenters. The Kier molecular flexibility index (Phi) is 3.11. The van der Waals surface area contributed by atoms with Crippen molar-refractivity contribution in [1.82, 2.24) is 10.2 Å². The number of nitriles is 1. The largest absolute Gasteiger partial charge is 0.381 e. The summed E-state index contributed by atoms with van der Waals surface area (Å²) in [6.07, 6.45) is 4.40. The van der Waals surface area contributed by atoms with Crippen molar-refractivity contribution in [2.45, 2.75) is 31.6 Å². The summed E-state index contributed by atoms with van der Waals surface area (Å²) in [5, 5.41) is 15.8. The van der Waals surface area contributed by atoms with Gasteiger partial charge in [-0.2, -0.15) is 10.4 Å². The number of aromatic nitrogens is 2. The van der Waals surface area contributed by atoms with Crippen LogP contribution < -0.4 is 11.5 Å². The number of hydrogen-bond donors (Lipinski definition) is 3. The van der Waals surface area contributed by atoms with Gasteiger partial charge in [-0.25, -0.2) is 0 Å². The fourth-order valence-corrected chi connectivity index (χ4v) is 2.47. The SMILES string of the molecule is N#Cc1c(N)n[nH]c1C1CCC(CN)CC1. The molecule has 2 rings (SSSR count). The van der Waals surface area contributed by atoms with Crippen LogP contribution in [0, 0.1) is 17.2 Å². The molecule has 0 aliphatic heterocycles. The monoisotopic (exact) mass is 219 g/mol. The third-order valence-electron chi connectivity index (χ3n) is 3.52. The Balaban J connectivity index is 2.12. The zero-order chi connectivity index (χ0) is 11.5. The zero-order valence-corrected chi connectivity index (χ0v) is 9.24. The maximum absolute atomic E-state index is 9.01. The minimum absolute atomic E-state index is 0.318. The maximum Gasteiger partial charge on any atom is 0.163 e. The summed E-state index contributed by atoms with van der Waals surface area (Å²) in [7, 11) is 0. The second kappa shape index (κ2) is 4.54. The predicted molar refractivity (Wildman–Crippen MR) is 61.5 cm³/mol. The van der Waals surface area contributed by atoms with E-state index in [1.54, 1.807) is 0 Å². The molecule has 1 saturated carbocycles. The molecule has 5 N–H and O–H groups in total. The smallest absolute Gasteiger partial charge is 0.163 e. The lowest BCUT2D eigenvalue weighted by molar-refractivity contribution is 0.329. The first-order valence-corrected chi connectivity index (χ1v) is 5.70. The number of rotatable bonds is 2. The van der Waals surface area contributed by atoms with Crippen LogP contribution in [0.25, 0.3) is 0 Å². The van der Waals surface area contributed by atoms with E-state index in [0.717, 1.165) is 37.9 Å². The van der Waals surface area contributed by atoms with Gasteiger partial charge in [-0.1, -0.05) is 0 Å². The van der Waals surface area contributed by atoms with E-state index in [-0.39, 0.29) is 0 Å². The molecule has 0 spiro atoms. The van der Waals surface area contributed by atoms with Gasteiger partial charge in [0.25, 0.3) is 0 Å². The summed E-state index contributed by atoms with van der Waals surface area (Å²) < 4.78 is 0. The lowest BCUT2D eigenvalue weighted by Gasteiger charge is -2.26. The lowest BCUT2D eigenvalue weighted by atomic mass is 9.80. The number of anilines is 1. The molecule has 1 fully saturated rings. The summed E-state index contributed by atoms with van der Waals surface area (Å²) in [5.41, 5.74) is 12.7. The highest BCUT2D eigenvalue weighted by Gasteiger charge is 2.25. The van der Waals surface area contributed by atoms with Gasteiger partial charge in [-0.05, 0) is 38.1 Å². The normalized spacial score (nSPS) is 25.2. The molecule has 5 heteroatoms. The molecule has 0 saturated heterocycles. The molecule has 16 heavy (non-hydrogen) atoms. The van der Waals surface area contributed by atoms with Gasteiger partial charge >= 0.3 is 0 Å². The first-order valence-electron chi connectivity index (χ1n) is 5.70. The van der Waals surface area contributed by atoms with Crippen molar-refractivity contribution in [1.29, 1.82) is 5.26 Å². The maximum atomic E-state index is 9.01. The number of H-pyrrole nitrogens is 1. The van der Waals surface area contributed by atoms with Gasteiger partial charge in [0.05, 0.1) is 5.69 Å². The zero-order valence-electron chi connectivity index (χ0n) is 9.24. The third-order valence-corrected chi connectivity index (χ3v) is 3.52. The van der Waals surface area contributed by atoms with Crippen LogP contribution in [-0.4, -0.2) is 16.7 Å². The Labute approximate surface area is 94.8 Å². The van der Waals surface area contributed by atoms with E-state index in [2.05, 4.69) is 16.3 Å². The van der Waals surface area contributed by atoms with Crippen molar-refractivity contribution in [3.8, 4) is 6.07 Å². The van der Waals surface area contributed by atoms with Crippen molar-refractivity contribution in [2.75, 3.05) is 12.3 Å². The minimum Gasteiger partial charge on any atom is -0.381 e. The summed E-state index contributed by atoms with van der Waals surface area (Å²) in [6.45, 7) is 0.767. The van der Waals surface area contributed by atoms with Crippen molar-refractivity contribution >= 4 is 5.82 Å². The Morgan fingerprint density at radius 2 is 2.06 bits per heavy atom. The number of nitrogens with two attached hydrogens (primary N) is 2. The molecule has 0 atom stereocenters. The van der Waals surface area contributed by atoms with Crippen LogP contribution in [-0.2, 0) is 0 Å². The van der Waals surface area contributed by atoms with Crippen LogP contribution in [0.1, 0.15) is 42.9 Å². The Bertz CT molecular complexity index is 395. The second-order valence-corrected chi connectivity index (χ2v) is 4.46. The first kappa shape index (κ1) is 11.0. The second-order valence-electron chi connectivity index (χ2n) is 4.46. The molecule has 1 aromatic rings. The summed E-state index contributed by atoms with van der Waals surface area (Å²) in [4.78, 5) is 0. The molecule has 1 aliphatic rings. The van der Waals surface area contributed by atoms with Crippen LogP contribution >= 0.6 is 0 Å². The fourth-order valence-electron chi connectivity index (χ4n) is 2.47. The number of nitrogen functional groups attached to an aromatic ring is 1. The minimum atomic E-state index is 0.318. The fraction of sp³-hybridized carbons (Fsp3) is 0.636.